The highest BCUT2D eigenvalue weighted by atomic mass is 14.9. The predicted molar refractivity (Wildman–Crippen MR) is 72.7 cm³/mol. The maximum absolute atomic E-state index is 5.98. The number of nitrogens with zero attached hydrogens (tertiary/aromatic N) is 1. The van der Waals surface area contributed by atoms with Crippen molar-refractivity contribution in [2.75, 3.05) is 0 Å². The number of hydrogen-bond donors (Lipinski definition) is 1. The van der Waals surface area contributed by atoms with Gasteiger partial charge in [0, 0.05) is 5.56 Å². The lowest BCUT2D eigenvalue weighted by atomic mass is 10.1. The second-order valence-electron chi connectivity index (χ2n) is 4.20. The first-order valence-electron chi connectivity index (χ1n) is 5.63. The summed E-state index contributed by atoms with van der Waals surface area (Å²) in [6.45, 7) is 4.10. The summed E-state index contributed by atoms with van der Waals surface area (Å²) in [4.78, 5) is 4.41. The fraction of sp³-hybridized carbons (Fsp3) is 0.133. The second-order valence-corrected chi connectivity index (χ2v) is 4.20. The number of aliphatic imine (C=N–C) groups is 1. The maximum atomic E-state index is 5.98. The van der Waals surface area contributed by atoms with E-state index in [1.807, 2.05) is 55.5 Å². The van der Waals surface area contributed by atoms with Crippen LogP contribution in [0.25, 0.3) is 0 Å². The highest BCUT2D eigenvalue weighted by molar-refractivity contribution is 5.99. The molecule has 0 unspecified atom stereocenters. The van der Waals surface area contributed by atoms with E-state index in [2.05, 4.69) is 11.9 Å². The Balaban J connectivity index is 2.30. The van der Waals surface area contributed by atoms with Crippen molar-refractivity contribution in [3.8, 4) is 0 Å². The molecule has 2 aromatic carbocycles. The summed E-state index contributed by atoms with van der Waals surface area (Å²) < 4.78 is 0. The third-order valence-electron chi connectivity index (χ3n) is 2.60. The first kappa shape index (κ1) is 11.4. The van der Waals surface area contributed by atoms with Crippen molar-refractivity contribution >= 4 is 11.5 Å². The highest BCUT2D eigenvalue weighted by Gasteiger charge is 1.98. The third kappa shape index (κ3) is 2.94. The van der Waals surface area contributed by atoms with Crippen molar-refractivity contribution in [2.45, 2.75) is 13.8 Å². The molecule has 0 saturated carbocycles. The summed E-state index contributed by atoms with van der Waals surface area (Å²) in [5.41, 5.74) is 10.2. The zero-order chi connectivity index (χ0) is 12.3. The molecule has 86 valence electrons. The number of nitrogens with two attached hydrogens (primary N) is 1. The molecule has 0 fully saturated rings. The summed E-state index contributed by atoms with van der Waals surface area (Å²) >= 11 is 0. The van der Waals surface area contributed by atoms with Gasteiger partial charge in [-0.15, -0.1) is 0 Å². The predicted octanol–water partition coefficient (Wildman–Crippen LogP) is 3.34. The minimum atomic E-state index is 0.551. The molecule has 2 aromatic rings. The molecule has 0 aliphatic carbocycles. The van der Waals surface area contributed by atoms with Gasteiger partial charge in [-0.05, 0) is 31.5 Å². The van der Waals surface area contributed by atoms with Crippen molar-refractivity contribution in [1.29, 1.82) is 0 Å². The van der Waals surface area contributed by atoms with E-state index in [1.165, 1.54) is 11.1 Å². The van der Waals surface area contributed by atoms with Crippen LogP contribution in [0.2, 0.25) is 0 Å². The summed E-state index contributed by atoms with van der Waals surface area (Å²) in [5.74, 6) is 0.551. The molecule has 0 aliphatic rings. The Labute approximate surface area is 102 Å². The first-order chi connectivity index (χ1) is 8.15. The molecule has 0 amide bonds. The van der Waals surface area contributed by atoms with Crippen molar-refractivity contribution in [3.63, 3.8) is 0 Å². The molecule has 2 rings (SSSR count). The van der Waals surface area contributed by atoms with Gasteiger partial charge in [-0.3, -0.25) is 0 Å². The van der Waals surface area contributed by atoms with Crippen molar-refractivity contribution in [3.05, 3.63) is 65.2 Å². The quantitative estimate of drug-likeness (QED) is 0.616. The van der Waals surface area contributed by atoms with E-state index >= 15 is 0 Å². The molecule has 2 N–H and O–H groups in total. The van der Waals surface area contributed by atoms with Gasteiger partial charge in [0.2, 0.25) is 0 Å². The molecule has 2 nitrogen and oxygen atoms in total. The second kappa shape index (κ2) is 4.83. The van der Waals surface area contributed by atoms with Gasteiger partial charge in [-0.2, -0.15) is 0 Å². The van der Waals surface area contributed by atoms with E-state index in [9.17, 15) is 0 Å². The third-order valence-corrected chi connectivity index (χ3v) is 2.60. The molecule has 17 heavy (non-hydrogen) atoms. The fourth-order valence-corrected chi connectivity index (χ4v) is 1.63. The van der Waals surface area contributed by atoms with E-state index in [4.69, 9.17) is 5.73 Å². The molecule has 0 aliphatic heterocycles. The summed E-state index contributed by atoms with van der Waals surface area (Å²) in [6, 6.07) is 16.0. The van der Waals surface area contributed by atoms with Gasteiger partial charge < -0.3 is 5.73 Å². The molecule has 0 spiro atoms. The molecule has 0 heterocycles. The van der Waals surface area contributed by atoms with E-state index in [0.29, 0.717) is 5.84 Å². The summed E-state index contributed by atoms with van der Waals surface area (Å²) in [7, 11) is 0. The number of benzene rings is 2. The van der Waals surface area contributed by atoms with E-state index in [-0.39, 0.29) is 0 Å². The van der Waals surface area contributed by atoms with Crippen LogP contribution in [-0.2, 0) is 0 Å². The average Bonchev–Trinajstić information content (AvgIpc) is 2.29. The van der Waals surface area contributed by atoms with Crippen LogP contribution in [0.4, 0.5) is 5.69 Å². The molecular weight excluding hydrogens is 208 g/mol. The lowest BCUT2D eigenvalue weighted by Crippen LogP contribution is -2.12. The van der Waals surface area contributed by atoms with Gasteiger partial charge in [0.15, 0.2) is 0 Å². The largest absolute Gasteiger partial charge is 0.383 e. The Bertz CT molecular complexity index is 539. The summed E-state index contributed by atoms with van der Waals surface area (Å²) in [6.07, 6.45) is 0. The van der Waals surface area contributed by atoms with Crippen LogP contribution in [0.3, 0.4) is 0 Å². The zero-order valence-corrected chi connectivity index (χ0v) is 10.1. The first-order valence-corrected chi connectivity index (χ1v) is 5.63. The lowest BCUT2D eigenvalue weighted by molar-refractivity contribution is 1.39. The van der Waals surface area contributed by atoms with Crippen LogP contribution in [0, 0.1) is 13.8 Å². The Morgan fingerprint density at radius 1 is 0.941 bits per heavy atom. The fourth-order valence-electron chi connectivity index (χ4n) is 1.63. The molecule has 0 aromatic heterocycles. The zero-order valence-electron chi connectivity index (χ0n) is 10.1. The monoisotopic (exact) mass is 224 g/mol. The molecule has 0 radical (unpaired) electrons. The smallest absolute Gasteiger partial charge is 0.131 e. The van der Waals surface area contributed by atoms with E-state index in [0.717, 1.165) is 11.3 Å². The molecule has 2 heteroatoms. The minimum Gasteiger partial charge on any atom is -0.383 e. The van der Waals surface area contributed by atoms with Crippen molar-refractivity contribution < 1.29 is 0 Å². The lowest BCUT2D eigenvalue weighted by Gasteiger charge is -2.02. The number of amidine groups is 1. The van der Waals surface area contributed by atoms with Gasteiger partial charge in [0.1, 0.15) is 5.84 Å². The topological polar surface area (TPSA) is 38.4 Å². The Morgan fingerprint density at radius 3 is 2.29 bits per heavy atom. The van der Waals surface area contributed by atoms with Crippen LogP contribution in [0.5, 0.6) is 0 Å². The van der Waals surface area contributed by atoms with Crippen LogP contribution < -0.4 is 5.73 Å². The Kier molecular flexibility index (Phi) is 3.24. The van der Waals surface area contributed by atoms with Crippen molar-refractivity contribution in [2.24, 2.45) is 10.7 Å². The molecule has 0 atom stereocenters. The van der Waals surface area contributed by atoms with Crippen LogP contribution in [0.1, 0.15) is 16.7 Å². The Morgan fingerprint density at radius 2 is 1.65 bits per heavy atom. The molecule has 0 saturated heterocycles. The van der Waals surface area contributed by atoms with Gasteiger partial charge in [-0.1, -0.05) is 42.0 Å². The molecular formula is C15H16N2. The number of hydrogen-bond acceptors (Lipinski definition) is 1. The SMILES string of the molecule is Cc1ccc(C(N)=Nc2cccc(C)c2)cc1. The highest BCUT2D eigenvalue weighted by Crippen LogP contribution is 2.14. The normalized spacial score (nSPS) is 11.5. The minimum absolute atomic E-state index is 0.551. The molecule has 0 bridgehead atoms. The van der Waals surface area contributed by atoms with Crippen LogP contribution in [-0.4, -0.2) is 5.84 Å². The van der Waals surface area contributed by atoms with Crippen LogP contribution >= 0.6 is 0 Å². The van der Waals surface area contributed by atoms with Gasteiger partial charge in [0.25, 0.3) is 0 Å². The van der Waals surface area contributed by atoms with E-state index < -0.39 is 0 Å². The summed E-state index contributed by atoms with van der Waals surface area (Å²) in [5, 5.41) is 0. The van der Waals surface area contributed by atoms with E-state index in [1.54, 1.807) is 0 Å². The van der Waals surface area contributed by atoms with Gasteiger partial charge in [-0.25, -0.2) is 4.99 Å². The van der Waals surface area contributed by atoms with Crippen LogP contribution in [0.15, 0.2) is 53.5 Å². The van der Waals surface area contributed by atoms with Gasteiger partial charge >= 0.3 is 0 Å². The average molecular weight is 224 g/mol. The number of rotatable bonds is 2. The standard InChI is InChI=1S/C15H16N2/c1-11-6-8-13(9-7-11)15(16)17-14-5-3-4-12(2)10-14/h3-10H,1-2H3,(H2,16,17). The maximum Gasteiger partial charge on any atom is 0.131 e. The van der Waals surface area contributed by atoms with Gasteiger partial charge in [0.05, 0.1) is 5.69 Å². The Hall–Kier alpha value is -2.09. The number of aryl methyl sites for hydroxylation is 2. The van der Waals surface area contributed by atoms with Crippen molar-refractivity contribution in [1.82, 2.24) is 0 Å².